The Bertz CT molecular complexity index is 595. The summed E-state index contributed by atoms with van der Waals surface area (Å²) in [6.45, 7) is -0.214. The maximum atomic E-state index is 12.9. The highest BCUT2D eigenvalue weighted by Gasteiger charge is 2.52. The van der Waals surface area contributed by atoms with Crippen molar-refractivity contribution >= 4 is 24.1 Å². The van der Waals surface area contributed by atoms with E-state index in [1.54, 1.807) is 12.1 Å². The van der Waals surface area contributed by atoms with Crippen LogP contribution in [0.2, 0.25) is 0 Å². The first-order valence-corrected chi connectivity index (χ1v) is 6.93. The van der Waals surface area contributed by atoms with Crippen molar-refractivity contribution in [2.24, 2.45) is 11.8 Å². The lowest BCUT2D eigenvalue weighted by Crippen LogP contribution is -2.33. The van der Waals surface area contributed by atoms with E-state index in [0.717, 1.165) is 5.56 Å². The van der Waals surface area contributed by atoms with Gasteiger partial charge in [0.2, 0.25) is 0 Å². The number of nitrogens with zero attached hydrogens (tertiary/aromatic N) is 2. The van der Waals surface area contributed by atoms with Crippen molar-refractivity contribution in [1.29, 1.82) is 0 Å². The van der Waals surface area contributed by atoms with E-state index in [2.05, 4.69) is 0 Å². The van der Waals surface area contributed by atoms with Crippen LogP contribution in [0.3, 0.4) is 0 Å². The molecule has 1 N–H and O–H groups in total. The number of halogens is 4. The maximum absolute atomic E-state index is 12.9. The second kappa shape index (κ2) is 7.80. The topological polar surface area (TPSA) is 83.7 Å². The molecule has 1 aliphatic rings. The molecule has 0 spiro atoms. The van der Waals surface area contributed by atoms with Crippen molar-refractivity contribution in [1.82, 2.24) is 4.90 Å². The van der Waals surface area contributed by atoms with Crippen LogP contribution in [-0.4, -0.2) is 46.7 Å². The highest BCUT2D eigenvalue weighted by atomic mass is 35.5. The minimum atomic E-state index is -4.54. The molecule has 24 heavy (non-hydrogen) atoms. The summed E-state index contributed by atoms with van der Waals surface area (Å²) in [5.74, 6) is -4.76. The zero-order valence-electron chi connectivity index (χ0n) is 12.4. The standard InChI is InChI=1S/C14H15F3N2O4.ClH/c15-14(16,17)12-8-18(7-11(12)13(20)21)6-5-9-1-3-10(4-2-9)19(22)23;/h1-4,11-12H,5-8H2,(H,20,21);1H/t11-,12-;/m1./s1. The minimum Gasteiger partial charge on any atom is -0.481 e. The molecule has 0 aliphatic carbocycles. The highest BCUT2D eigenvalue weighted by Crippen LogP contribution is 2.37. The average Bonchev–Trinajstić information content (AvgIpc) is 2.90. The molecule has 1 heterocycles. The number of non-ortho nitro benzene ring substituents is 1. The van der Waals surface area contributed by atoms with Crippen LogP contribution in [-0.2, 0) is 11.2 Å². The number of alkyl halides is 3. The number of carbonyl (C=O) groups is 1. The summed E-state index contributed by atoms with van der Waals surface area (Å²) in [5.41, 5.74) is 0.691. The molecule has 0 saturated carbocycles. The summed E-state index contributed by atoms with van der Waals surface area (Å²) in [7, 11) is 0. The van der Waals surface area contributed by atoms with Crippen LogP contribution in [0.15, 0.2) is 24.3 Å². The quantitative estimate of drug-likeness (QED) is 0.638. The number of hydrogen-bond acceptors (Lipinski definition) is 4. The van der Waals surface area contributed by atoms with Crippen molar-refractivity contribution in [3.63, 3.8) is 0 Å². The Morgan fingerprint density at radius 2 is 1.88 bits per heavy atom. The van der Waals surface area contributed by atoms with Crippen molar-refractivity contribution in [2.45, 2.75) is 12.6 Å². The van der Waals surface area contributed by atoms with Gasteiger partial charge in [-0.1, -0.05) is 12.1 Å². The first kappa shape index (κ1) is 20.2. The van der Waals surface area contributed by atoms with Crippen LogP contribution in [0.4, 0.5) is 18.9 Å². The van der Waals surface area contributed by atoms with E-state index in [1.807, 2.05) is 0 Å². The molecule has 0 radical (unpaired) electrons. The molecule has 10 heteroatoms. The SMILES string of the molecule is Cl.O=C(O)[C@@H]1CN(CCc2ccc([N+](=O)[O-])cc2)C[C@H]1C(F)(F)F. The van der Waals surface area contributed by atoms with Crippen LogP contribution >= 0.6 is 12.4 Å². The highest BCUT2D eigenvalue weighted by molar-refractivity contribution is 5.85. The van der Waals surface area contributed by atoms with Gasteiger partial charge in [0.1, 0.15) is 0 Å². The number of carboxylic acid groups (broad SMARTS) is 1. The van der Waals surface area contributed by atoms with E-state index in [-0.39, 0.29) is 37.7 Å². The summed E-state index contributed by atoms with van der Waals surface area (Å²) in [4.78, 5) is 22.5. The number of rotatable bonds is 5. The summed E-state index contributed by atoms with van der Waals surface area (Å²) in [5, 5.41) is 19.5. The van der Waals surface area contributed by atoms with E-state index in [0.29, 0.717) is 6.42 Å². The van der Waals surface area contributed by atoms with Gasteiger partial charge in [-0.05, 0) is 12.0 Å². The smallest absolute Gasteiger partial charge is 0.393 e. The lowest BCUT2D eigenvalue weighted by atomic mass is 9.96. The van der Waals surface area contributed by atoms with Crippen molar-refractivity contribution in [3.05, 3.63) is 39.9 Å². The molecule has 0 aromatic heterocycles. The molecular formula is C14H16ClF3N2O4. The normalized spacial score (nSPS) is 21.3. The third-order valence-electron chi connectivity index (χ3n) is 4.00. The van der Waals surface area contributed by atoms with Gasteiger partial charge < -0.3 is 10.0 Å². The Kier molecular flexibility index (Phi) is 6.56. The van der Waals surface area contributed by atoms with Crippen LogP contribution < -0.4 is 0 Å². The number of nitro groups is 1. The van der Waals surface area contributed by atoms with Crippen molar-refractivity contribution in [2.75, 3.05) is 19.6 Å². The molecule has 1 fully saturated rings. The lowest BCUT2D eigenvalue weighted by molar-refractivity contribution is -0.384. The van der Waals surface area contributed by atoms with E-state index in [4.69, 9.17) is 5.11 Å². The largest absolute Gasteiger partial charge is 0.481 e. The van der Waals surface area contributed by atoms with Gasteiger partial charge in [0.25, 0.3) is 5.69 Å². The van der Waals surface area contributed by atoms with Crippen LogP contribution in [0, 0.1) is 22.0 Å². The zero-order valence-corrected chi connectivity index (χ0v) is 13.2. The number of benzene rings is 1. The number of aliphatic carboxylic acids is 1. The minimum absolute atomic E-state index is 0. The predicted octanol–water partition coefficient (Wildman–Crippen LogP) is 2.75. The molecular weight excluding hydrogens is 353 g/mol. The maximum Gasteiger partial charge on any atom is 0.393 e. The predicted molar refractivity (Wildman–Crippen MR) is 81.2 cm³/mol. The van der Waals surface area contributed by atoms with E-state index >= 15 is 0 Å². The molecule has 6 nitrogen and oxygen atoms in total. The molecule has 134 valence electrons. The second-order valence-corrected chi connectivity index (χ2v) is 5.53. The molecule has 2 rings (SSSR count). The first-order chi connectivity index (χ1) is 10.7. The Balaban J connectivity index is 0.00000288. The fourth-order valence-electron chi connectivity index (χ4n) is 2.72. The van der Waals surface area contributed by atoms with Gasteiger partial charge in [-0.15, -0.1) is 12.4 Å². The molecule has 1 aromatic carbocycles. The third kappa shape index (κ3) is 4.81. The molecule has 0 bridgehead atoms. The van der Waals surface area contributed by atoms with Gasteiger partial charge in [0, 0.05) is 31.8 Å². The Labute approximate surface area is 141 Å². The molecule has 1 aromatic rings. The Hall–Kier alpha value is -1.87. The van der Waals surface area contributed by atoms with Crippen LogP contribution in [0.5, 0.6) is 0 Å². The molecule has 0 amide bonds. The Morgan fingerprint density at radius 3 is 2.29 bits per heavy atom. The van der Waals surface area contributed by atoms with Crippen molar-refractivity contribution in [3.8, 4) is 0 Å². The lowest BCUT2D eigenvalue weighted by Gasteiger charge is -2.18. The fraction of sp³-hybridized carbons (Fsp3) is 0.500. The summed E-state index contributed by atoms with van der Waals surface area (Å²) in [6, 6.07) is 5.75. The number of hydrogen-bond donors (Lipinski definition) is 1. The Morgan fingerprint density at radius 1 is 1.29 bits per heavy atom. The summed E-state index contributed by atoms with van der Waals surface area (Å²) < 4.78 is 38.6. The van der Waals surface area contributed by atoms with Crippen molar-refractivity contribution < 1.29 is 28.0 Å². The number of carboxylic acids is 1. The zero-order chi connectivity index (χ0) is 17.2. The van der Waals surface area contributed by atoms with E-state index < -0.39 is 28.9 Å². The van der Waals surface area contributed by atoms with Gasteiger partial charge in [-0.2, -0.15) is 13.2 Å². The second-order valence-electron chi connectivity index (χ2n) is 5.53. The summed E-state index contributed by atoms with van der Waals surface area (Å²) in [6.07, 6.45) is -4.14. The molecule has 2 atom stereocenters. The fourth-order valence-corrected chi connectivity index (χ4v) is 2.72. The van der Waals surface area contributed by atoms with Gasteiger partial charge in [0.15, 0.2) is 0 Å². The number of nitro benzene ring substituents is 1. The molecule has 1 aliphatic heterocycles. The van der Waals surface area contributed by atoms with Gasteiger partial charge in [0.05, 0.1) is 16.8 Å². The monoisotopic (exact) mass is 368 g/mol. The van der Waals surface area contributed by atoms with Crippen LogP contribution in [0.25, 0.3) is 0 Å². The van der Waals surface area contributed by atoms with E-state index in [1.165, 1.54) is 17.0 Å². The molecule has 0 unspecified atom stereocenters. The van der Waals surface area contributed by atoms with E-state index in [9.17, 15) is 28.1 Å². The summed E-state index contributed by atoms with van der Waals surface area (Å²) >= 11 is 0. The molecule has 1 saturated heterocycles. The van der Waals surface area contributed by atoms with Gasteiger partial charge in [-0.3, -0.25) is 14.9 Å². The first-order valence-electron chi connectivity index (χ1n) is 6.93. The van der Waals surface area contributed by atoms with Gasteiger partial charge in [-0.25, -0.2) is 0 Å². The average molecular weight is 369 g/mol. The third-order valence-corrected chi connectivity index (χ3v) is 4.00. The van der Waals surface area contributed by atoms with Crippen LogP contribution in [0.1, 0.15) is 5.56 Å². The number of likely N-dealkylation sites (tertiary alicyclic amines) is 1. The van der Waals surface area contributed by atoms with Gasteiger partial charge >= 0.3 is 12.1 Å².